The number of aromatic nitrogens is 1. The SMILES string of the molecule is Cc1c(C)n(-c2ccc3ccccc3c2)c2cc3c(C(C)(C)C)c4ccccc4c(C(C)(C)C)c3cc12. The molecular formula is C36H37N. The first kappa shape index (κ1) is 23.8. The highest BCUT2D eigenvalue weighted by Gasteiger charge is 2.28. The monoisotopic (exact) mass is 483 g/mol. The van der Waals surface area contributed by atoms with E-state index in [4.69, 9.17) is 0 Å². The summed E-state index contributed by atoms with van der Waals surface area (Å²) in [6.07, 6.45) is 0. The Balaban J connectivity index is 1.82. The van der Waals surface area contributed by atoms with Gasteiger partial charge in [0.2, 0.25) is 0 Å². The van der Waals surface area contributed by atoms with Crippen LogP contribution in [0.2, 0.25) is 0 Å². The predicted octanol–water partition coefficient (Wildman–Crippen LogP) is 10.3. The molecule has 0 unspecified atom stereocenters. The number of fused-ring (bicyclic) bond motifs is 4. The number of hydrogen-bond donors (Lipinski definition) is 0. The summed E-state index contributed by atoms with van der Waals surface area (Å²) in [5.41, 5.74) is 8.09. The quantitative estimate of drug-likeness (QED) is 0.205. The van der Waals surface area contributed by atoms with Crippen LogP contribution in [0.1, 0.15) is 63.9 Å². The maximum atomic E-state index is 2.49. The van der Waals surface area contributed by atoms with Crippen molar-refractivity contribution < 1.29 is 0 Å². The largest absolute Gasteiger partial charge is 0.314 e. The minimum atomic E-state index is 0.00635. The molecule has 0 saturated heterocycles. The maximum Gasteiger partial charge on any atom is 0.0540 e. The van der Waals surface area contributed by atoms with Crippen LogP contribution in [-0.4, -0.2) is 4.57 Å². The van der Waals surface area contributed by atoms with Gasteiger partial charge in [-0.05, 0) is 98.0 Å². The molecule has 0 radical (unpaired) electrons. The molecule has 1 aromatic heterocycles. The van der Waals surface area contributed by atoms with E-state index in [9.17, 15) is 0 Å². The van der Waals surface area contributed by atoms with Crippen molar-refractivity contribution in [2.75, 3.05) is 0 Å². The lowest BCUT2D eigenvalue weighted by Crippen LogP contribution is -2.17. The molecule has 0 amide bonds. The molecular weight excluding hydrogens is 446 g/mol. The molecule has 0 aliphatic carbocycles. The van der Waals surface area contributed by atoms with E-state index in [1.165, 1.54) is 71.3 Å². The summed E-state index contributed by atoms with van der Waals surface area (Å²) in [6, 6.07) is 29.5. The van der Waals surface area contributed by atoms with E-state index in [2.05, 4.69) is 139 Å². The molecule has 0 fully saturated rings. The molecule has 1 heteroatoms. The third kappa shape index (κ3) is 3.59. The first-order valence-electron chi connectivity index (χ1n) is 13.5. The van der Waals surface area contributed by atoms with Gasteiger partial charge in [0.25, 0.3) is 0 Å². The summed E-state index contributed by atoms with van der Waals surface area (Å²) >= 11 is 0. The highest BCUT2D eigenvalue weighted by atomic mass is 15.0. The molecule has 0 saturated carbocycles. The van der Waals surface area contributed by atoms with Crippen LogP contribution in [0, 0.1) is 13.8 Å². The molecule has 0 bridgehead atoms. The van der Waals surface area contributed by atoms with Crippen LogP contribution in [0.25, 0.3) is 48.9 Å². The topological polar surface area (TPSA) is 4.93 Å². The average Bonchev–Trinajstić information content (AvgIpc) is 3.08. The summed E-state index contributed by atoms with van der Waals surface area (Å²) < 4.78 is 2.47. The molecule has 37 heavy (non-hydrogen) atoms. The van der Waals surface area contributed by atoms with Crippen LogP contribution in [0.15, 0.2) is 78.9 Å². The van der Waals surface area contributed by atoms with E-state index in [1.807, 2.05) is 0 Å². The molecule has 0 aliphatic heterocycles. The number of rotatable bonds is 1. The second kappa shape index (κ2) is 7.96. The maximum absolute atomic E-state index is 2.49. The normalized spacial score (nSPS) is 12.9. The van der Waals surface area contributed by atoms with Gasteiger partial charge in [0, 0.05) is 16.8 Å². The van der Waals surface area contributed by atoms with Crippen molar-refractivity contribution in [2.45, 2.75) is 66.2 Å². The van der Waals surface area contributed by atoms with Gasteiger partial charge in [0.15, 0.2) is 0 Å². The van der Waals surface area contributed by atoms with Gasteiger partial charge in [-0.25, -0.2) is 0 Å². The Bertz CT molecular complexity index is 1850. The lowest BCUT2D eigenvalue weighted by molar-refractivity contribution is 0.593. The van der Waals surface area contributed by atoms with E-state index >= 15 is 0 Å². The van der Waals surface area contributed by atoms with E-state index in [-0.39, 0.29) is 10.8 Å². The Morgan fingerprint density at radius 2 is 1.05 bits per heavy atom. The minimum absolute atomic E-state index is 0.00635. The van der Waals surface area contributed by atoms with Crippen molar-refractivity contribution >= 4 is 43.2 Å². The summed E-state index contributed by atoms with van der Waals surface area (Å²) in [5.74, 6) is 0. The minimum Gasteiger partial charge on any atom is -0.314 e. The molecule has 0 atom stereocenters. The van der Waals surface area contributed by atoms with Crippen molar-refractivity contribution in [3.63, 3.8) is 0 Å². The number of aryl methyl sites for hydroxylation is 1. The Kier molecular flexibility index (Phi) is 5.12. The predicted molar refractivity (Wildman–Crippen MR) is 163 cm³/mol. The van der Waals surface area contributed by atoms with Gasteiger partial charge in [0.1, 0.15) is 0 Å². The van der Waals surface area contributed by atoms with Gasteiger partial charge in [0.05, 0.1) is 5.52 Å². The molecule has 1 nitrogen and oxygen atoms in total. The Labute approximate surface area is 220 Å². The lowest BCUT2D eigenvalue weighted by atomic mass is 9.74. The molecule has 0 spiro atoms. The van der Waals surface area contributed by atoms with Gasteiger partial charge in [-0.3, -0.25) is 0 Å². The smallest absolute Gasteiger partial charge is 0.0540 e. The molecule has 0 N–H and O–H groups in total. The molecule has 186 valence electrons. The second-order valence-electron chi connectivity index (χ2n) is 12.8. The van der Waals surface area contributed by atoms with Gasteiger partial charge in [-0.15, -0.1) is 0 Å². The zero-order valence-electron chi connectivity index (χ0n) is 23.5. The number of hydrogen-bond acceptors (Lipinski definition) is 0. The summed E-state index contributed by atoms with van der Waals surface area (Å²) in [4.78, 5) is 0. The fraction of sp³-hybridized carbons (Fsp3) is 0.278. The third-order valence-electron chi connectivity index (χ3n) is 8.15. The summed E-state index contributed by atoms with van der Waals surface area (Å²) in [5, 5.41) is 9.43. The van der Waals surface area contributed by atoms with E-state index < -0.39 is 0 Å². The van der Waals surface area contributed by atoms with E-state index in [0.717, 1.165) is 0 Å². The van der Waals surface area contributed by atoms with Crippen LogP contribution in [-0.2, 0) is 10.8 Å². The zero-order valence-corrected chi connectivity index (χ0v) is 23.5. The van der Waals surface area contributed by atoms with E-state index in [1.54, 1.807) is 0 Å². The van der Waals surface area contributed by atoms with Crippen molar-refractivity contribution in [3.05, 3.63) is 101 Å². The van der Waals surface area contributed by atoms with Crippen molar-refractivity contribution in [3.8, 4) is 5.69 Å². The fourth-order valence-electron chi connectivity index (χ4n) is 6.50. The molecule has 5 aromatic carbocycles. The Morgan fingerprint density at radius 3 is 1.65 bits per heavy atom. The highest BCUT2D eigenvalue weighted by Crippen LogP contribution is 2.45. The Morgan fingerprint density at radius 1 is 0.514 bits per heavy atom. The Hall–Kier alpha value is -3.58. The van der Waals surface area contributed by atoms with Crippen LogP contribution in [0.4, 0.5) is 0 Å². The van der Waals surface area contributed by atoms with Gasteiger partial charge >= 0.3 is 0 Å². The fourth-order valence-corrected chi connectivity index (χ4v) is 6.50. The summed E-state index contributed by atoms with van der Waals surface area (Å²) in [6.45, 7) is 18.7. The second-order valence-corrected chi connectivity index (χ2v) is 12.8. The van der Waals surface area contributed by atoms with Crippen LogP contribution < -0.4 is 0 Å². The van der Waals surface area contributed by atoms with Gasteiger partial charge in [-0.1, -0.05) is 96.1 Å². The first-order valence-corrected chi connectivity index (χ1v) is 13.5. The van der Waals surface area contributed by atoms with Gasteiger partial charge < -0.3 is 4.57 Å². The summed E-state index contributed by atoms with van der Waals surface area (Å²) in [7, 11) is 0. The number of benzene rings is 5. The van der Waals surface area contributed by atoms with E-state index in [0.29, 0.717) is 0 Å². The molecule has 6 rings (SSSR count). The van der Waals surface area contributed by atoms with Crippen LogP contribution >= 0.6 is 0 Å². The van der Waals surface area contributed by atoms with Crippen molar-refractivity contribution in [2.24, 2.45) is 0 Å². The van der Waals surface area contributed by atoms with Gasteiger partial charge in [-0.2, -0.15) is 0 Å². The van der Waals surface area contributed by atoms with Crippen molar-refractivity contribution in [1.29, 1.82) is 0 Å². The third-order valence-corrected chi connectivity index (χ3v) is 8.15. The van der Waals surface area contributed by atoms with Crippen LogP contribution in [0.3, 0.4) is 0 Å². The van der Waals surface area contributed by atoms with Crippen LogP contribution in [0.5, 0.6) is 0 Å². The number of nitrogens with zero attached hydrogens (tertiary/aromatic N) is 1. The first-order chi connectivity index (χ1) is 17.5. The van der Waals surface area contributed by atoms with Crippen molar-refractivity contribution in [1.82, 2.24) is 4.57 Å². The molecule has 0 aliphatic rings. The average molecular weight is 484 g/mol. The zero-order chi connectivity index (χ0) is 26.3. The highest BCUT2D eigenvalue weighted by molar-refractivity contribution is 6.12. The molecule has 6 aromatic rings. The standard InChI is InChI=1S/C36H37N/c1-22-23(2)37(26-18-17-24-13-9-10-14-25(24)19-26)32-21-31-30(20-29(22)32)33(35(3,4)5)27-15-11-12-16-28(27)34(31)36(6,7)8/h9-21H,1-8H3. The lowest BCUT2D eigenvalue weighted by Gasteiger charge is -2.30. The molecule has 1 heterocycles.